The molecule has 1 fully saturated rings. The molecule has 1 aliphatic rings. The van der Waals surface area contributed by atoms with E-state index in [4.69, 9.17) is 13.9 Å². The summed E-state index contributed by atoms with van der Waals surface area (Å²) in [6, 6.07) is 0. The van der Waals surface area contributed by atoms with Crippen molar-refractivity contribution in [2.45, 2.75) is 103 Å². The standard InChI is InChI=1S/C18H36O4Si/c1-13(2)23(14(3)4,15(5)6)20-12-17-11-16(9-10-19)21-18(7,8)22-17/h10,13-17H,9,11-12H2,1-8H3. The Bertz CT molecular complexity index is 357. The van der Waals surface area contributed by atoms with Crippen LogP contribution >= 0.6 is 0 Å². The first-order chi connectivity index (χ1) is 10.5. The Labute approximate surface area is 143 Å². The first-order valence-electron chi connectivity index (χ1n) is 8.98. The number of rotatable bonds is 8. The van der Waals surface area contributed by atoms with Crippen LogP contribution in [0.25, 0.3) is 0 Å². The first-order valence-corrected chi connectivity index (χ1v) is 11.1. The van der Waals surface area contributed by atoms with Gasteiger partial charge in [0.2, 0.25) is 0 Å². The Morgan fingerprint density at radius 3 is 1.96 bits per heavy atom. The number of aldehydes is 1. The van der Waals surface area contributed by atoms with E-state index in [0.717, 1.165) is 12.7 Å². The van der Waals surface area contributed by atoms with Gasteiger partial charge >= 0.3 is 0 Å². The van der Waals surface area contributed by atoms with Crippen molar-refractivity contribution in [3.8, 4) is 0 Å². The van der Waals surface area contributed by atoms with Crippen molar-refractivity contribution in [1.82, 2.24) is 0 Å². The second kappa shape index (κ2) is 8.23. The Morgan fingerprint density at radius 1 is 1.04 bits per heavy atom. The van der Waals surface area contributed by atoms with Crippen LogP contribution in [0.15, 0.2) is 0 Å². The molecular formula is C18H36O4Si. The van der Waals surface area contributed by atoms with Crippen LogP contribution in [0, 0.1) is 0 Å². The lowest BCUT2D eigenvalue weighted by Crippen LogP contribution is -2.52. The highest BCUT2D eigenvalue weighted by atomic mass is 28.4. The summed E-state index contributed by atoms with van der Waals surface area (Å²) in [5.74, 6) is -0.655. The molecule has 1 heterocycles. The molecule has 2 atom stereocenters. The Balaban J connectivity index is 2.82. The van der Waals surface area contributed by atoms with Gasteiger partial charge < -0.3 is 18.7 Å². The second-order valence-electron chi connectivity index (χ2n) is 8.15. The van der Waals surface area contributed by atoms with Crippen LogP contribution in [0.5, 0.6) is 0 Å². The average Bonchev–Trinajstić information content (AvgIpc) is 2.36. The number of carbonyl (C=O) groups is 1. The molecule has 0 radical (unpaired) electrons. The molecule has 1 saturated heterocycles. The third-order valence-corrected chi connectivity index (χ3v) is 11.1. The summed E-state index contributed by atoms with van der Waals surface area (Å²) in [7, 11) is -1.89. The average molecular weight is 345 g/mol. The van der Waals surface area contributed by atoms with Crippen molar-refractivity contribution in [3.63, 3.8) is 0 Å². The predicted octanol–water partition coefficient (Wildman–Crippen LogP) is 4.68. The lowest BCUT2D eigenvalue weighted by Gasteiger charge is -2.45. The minimum absolute atomic E-state index is 0.00757. The van der Waals surface area contributed by atoms with Gasteiger partial charge in [-0.15, -0.1) is 0 Å². The first kappa shape index (κ1) is 20.8. The summed E-state index contributed by atoms with van der Waals surface area (Å²) < 4.78 is 18.5. The maximum absolute atomic E-state index is 10.8. The van der Waals surface area contributed by atoms with E-state index >= 15 is 0 Å². The van der Waals surface area contributed by atoms with Crippen LogP contribution in [0.2, 0.25) is 16.6 Å². The zero-order chi connectivity index (χ0) is 17.8. The highest BCUT2D eigenvalue weighted by molar-refractivity contribution is 6.77. The molecule has 136 valence electrons. The molecule has 0 amide bonds. The van der Waals surface area contributed by atoms with Gasteiger partial charge in [0.25, 0.3) is 0 Å². The zero-order valence-electron chi connectivity index (χ0n) is 16.2. The van der Waals surface area contributed by atoms with E-state index in [9.17, 15) is 4.79 Å². The summed E-state index contributed by atoms with van der Waals surface area (Å²) in [5, 5.41) is 0. The molecule has 2 unspecified atom stereocenters. The number of hydrogen-bond acceptors (Lipinski definition) is 4. The van der Waals surface area contributed by atoms with Crippen LogP contribution in [0.1, 0.15) is 68.2 Å². The van der Waals surface area contributed by atoms with Crippen molar-refractivity contribution in [3.05, 3.63) is 0 Å². The van der Waals surface area contributed by atoms with Crippen LogP contribution in [-0.2, 0) is 18.7 Å². The summed E-state index contributed by atoms with van der Waals surface area (Å²) in [4.78, 5) is 10.8. The highest BCUT2D eigenvalue weighted by Crippen LogP contribution is 2.42. The van der Waals surface area contributed by atoms with Gasteiger partial charge in [0.1, 0.15) is 6.29 Å². The second-order valence-corrected chi connectivity index (χ2v) is 13.6. The molecule has 0 aliphatic carbocycles. The smallest absolute Gasteiger partial charge is 0.200 e. The van der Waals surface area contributed by atoms with E-state index in [1.165, 1.54) is 0 Å². The minimum Gasteiger partial charge on any atom is -0.413 e. The lowest BCUT2D eigenvalue weighted by atomic mass is 10.1. The SMILES string of the molecule is CC(C)[Si](OCC1CC(CC=O)OC(C)(C)O1)(C(C)C)C(C)C. The molecule has 1 aliphatic heterocycles. The quantitative estimate of drug-likeness (QED) is 0.474. The molecule has 0 N–H and O–H groups in total. The molecule has 0 aromatic heterocycles. The number of hydrogen-bond donors (Lipinski definition) is 0. The Kier molecular flexibility index (Phi) is 7.45. The van der Waals surface area contributed by atoms with Crippen molar-refractivity contribution in [2.24, 2.45) is 0 Å². The zero-order valence-corrected chi connectivity index (χ0v) is 17.2. The minimum atomic E-state index is -1.89. The summed E-state index contributed by atoms with van der Waals surface area (Å²) >= 11 is 0. The summed E-state index contributed by atoms with van der Waals surface area (Å²) in [6.07, 6.45) is 2.00. The third kappa shape index (κ3) is 5.12. The molecule has 5 heteroatoms. The van der Waals surface area contributed by atoms with Gasteiger partial charge in [0.15, 0.2) is 14.1 Å². The molecular weight excluding hydrogens is 308 g/mol. The van der Waals surface area contributed by atoms with Gasteiger partial charge in [0.05, 0.1) is 18.8 Å². The normalized spacial score (nSPS) is 25.3. The van der Waals surface area contributed by atoms with Crippen LogP contribution in [0.3, 0.4) is 0 Å². The van der Waals surface area contributed by atoms with E-state index in [0.29, 0.717) is 29.7 Å². The number of ether oxygens (including phenoxy) is 2. The third-order valence-electron chi connectivity index (χ3n) is 5.01. The van der Waals surface area contributed by atoms with Crippen molar-refractivity contribution < 1.29 is 18.7 Å². The maximum atomic E-state index is 10.8. The van der Waals surface area contributed by atoms with Gasteiger partial charge in [-0.05, 0) is 30.5 Å². The van der Waals surface area contributed by atoms with Gasteiger partial charge in [0, 0.05) is 12.8 Å². The van der Waals surface area contributed by atoms with E-state index in [2.05, 4.69) is 41.5 Å². The fourth-order valence-electron chi connectivity index (χ4n) is 4.31. The largest absolute Gasteiger partial charge is 0.413 e. The molecule has 0 aromatic rings. The molecule has 23 heavy (non-hydrogen) atoms. The van der Waals surface area contributed by atoms with Gasteiger partial charge in [-0.25, -0.2) is 0 Å². The van der Waals surface area contributed by atoms with Crippen molar-refractivity contribution >= 4 is 14.6 Å². The van der Waals surface area contributed by atoms with Gasteiger partial charge in [-0.2, -0.15) is 0 Å². The molecule has 0 spiro atoms. The highest BCUT2D eigenvalue weighted by Gasteiger charge is 2.46. The predicted molar refractivity (Wildman–Crippen MR) is 96.1 cm³/mol. The summed E-state index contributed by atoms with van der Waals surface area (Å²) in [6.45, 7) is 18.2. The van der Waals surface area contributed by atoms with E-state index < -0.39 is 14.1 Å². The van der Waals surface area contributed by atoms with Crippen molar-refractivity contribution in [1.29, 1.82) is 0 Å². The maximum Gasteiger partial charge on any atom is 0.200 e. The monoisotopic (exact) mass is 344 g/mol. The Hall–Kier alpha value is -0.233. The van der Waals surface area contributed by atoms with Crippen LogP contribution in [-0.4, -0.2) is 39.2 Å². The number of carbonyl (C=O) groups excluding carboxylic acids is 1. The molecule has 0 aromatic carbocycles. The fraction of sp³-hybridized carbons (Fsp3) is 0.944. The van der Waals surface area contributed by atoms with Gasteiger partial charge in [-0.3, -0.25) is 0 Å². The molecule has 4 nitrogen and oxygen atoms in total. The van der Waals surface area contributed by atoms with Crippen LogP contribution < -0.4 is 0 Å². The van der Waals surface area contributed by atoms with Crippen LogP contribution in [0.4, 0.5) is 0 Å². The van der Waals surface area contributed by atoms with E-state index in [1.807, 2.05) is 13.8 Å². The van der Waals surface area contributed by atoms with Gasteiger partial charge in [-0.1, -0.05) is 41.5 Å². The Morgan fingerprint density at radius 2 is 1.52 bits per heavy atom. The summed E-state index contributed by atoms with van der Waals surface area (Å²) in [5.41, 5.74) is 1.67. The topological polar surface area (TPSA) is 44.8 Å². The van der Waals surface area contributed by atoms with E-state index in [1.54, 1.807) is 0 Å². The van der Waals surface area contributed by atoms with E-state index in [-0.39, 0.29) is 12.2 Å². The molecule has 1 rings (SSSR count). The molecule has 0 bridgehead atoms. The lowest BCUT2D eigenvalue weighted by molar-refractivity contribution is -0.302. The fourth-order valence-corrected chi connectivity index (χ4v) is 9.79. The molecule has 0 saturated carbocycles. The van der Waals surface area contributed by atoms with Crippen molar-refractivity contribution in [2.75, 3.05) is 6.61 Å².